The molecule has 82 valence electrons. The first-order chi connectivity index (χ1) is 7.17. The second-order valence-electron chi connectivity index (χ2n) is 3.01. The predicted molar refractivity (Wildman–Crippen MR) is 56.7 cm³/mol. The van der Waals surface area contributed by atoms with Gasteiger partial charge in [-0.15, -0.1) is 0 Å². The van der Waals surface area contributed by atoms with Crippen LogP contribution in [-0.2, 0) is 4.79 Å². The molecule has 1 aromatic rings. The predicted octanol–water partition coefficient (Wildman–Crippen LogP) is -0.0467. The van der Waals surface area contributed by atoms with Crippen molar-refractivity contribution in [3.8, 4) is 5.75 Å². The monoisotopic (exact) mass is 210 g/mol. The summed E-state index contributed by atoms with van der Waals surface area (Å²) in [4.78, 5) is 11.3. The summed E-state index contributed by atoms with van der Waals surface area (Å²) < 4.78 is 4.97. The highest BCUT2D eigenvalue weighted by molar-refractivity contribution is 5.94. The Balaban J connectivity index is 2.61. The highest BCUT2D eigenvalue weighted by Gasteiger charge is 2.11. The van der Waals surface area contributed by atoms with E-state index in [1.165, 1.54) is 0 Å². The molecule has 0 spiro atoms. The average Bonchev–Trinajstić information content (AvgIpc) is 2.29. The number of hydrogen-bond acceptors (Lipinski definition) is 4. The molecule has 0 aromatic heterocycles. The third-order valence-corrected chi connectivity index (χ3v) is 1.89. The van der Waals surface area contributed by atoms with Crippen LogP contribution in [0.3, 0.4) is 0 Å². The van der Waals surface area contributed by atoms with Gasteiger partial charge in [-0.2, -0.15) is 0 Å². The third-order valence-electron chi connectivity index (χ3n) is 1.89. The number of aliphatic hydroxyl groups excluding tert-OH is 1. The number of carbonyl (C=O) groups excluding carboxylic acids is 1. The maximum absolute atomic E-state index is 11.3. The number of carbonyl (C=O) groups is 1. The molecule has 1 unspecified atom stereocenters. The topological polar surface area (TPSA) is 84.6 Å². The van der Waals surface area contributed by atoms with Gasteiger partial charge >= 0.3 is 0 Å². The van der Waals surface area contributed by atoms with Gasteiger partial charge in [0.15, 0.2) is 0 Å². The van der Waals surface area contributed by atoms with Crippen LogP contribution in [0.2, 0.25) is 0 Å². The molecule has 0 saturated carbocycles. The first-order valence-corrected chi connectivity index (χ1v) is 4.48. The quantitative estimate of drug-likeness (QED) is 0.650. The Kier molecular flexibility index (Phi) is 4.08. The number of aliphatic hydroxyl groups is 1. The average molecular weight is 210 g/mol. The fourth-order valence-electron chi connectivity index (χ4n) is 0.992. The van der Waals surface area contributed by atoms with E-state index < -0.39 is 11.9 Å². The Labute approximate surface area is 87.9 Å². The van der Waals surface area contributed by atoms with Crippen molar-refractivity contribution < 1.29 is 14.6 Å². The number of methoxy groups -OCH3 is 1. The molecule has 1 atom stereocenters. The molecule has 5 nitrogen and oxygen atoms in total. The molecular formula is C10H14N2O3. The van der Waals surface area contributed by atoms with Gasteiger partial charge in [0.1, 0.15) is 11.8 Å². The Bertz CT molecular complexity index is 324. The van der Waals surface area contributed by atoms with E-state index in [1.807, 2.05) is 0 Å². The third kappa shape index (κ3) is 3.23. The minimum absolute atomic E-state index is 0.373. The van der Waals surface area contributed by atoms with Crippen molar-refractivity contribution in [2.75, 3.05) is 19.0 Å². The number of ether oxygens (including phenoxy) is 1. The maximum atomic E-state index is 11.3. The van der Waals surface area contributed by atoms with Crippen LogP contribution in [-0.4, -0.2) is 30.8 Å². The normalized spacial score (nSPS) is 11.9. The summed E-state index contributed by atoms with van der Waals surface area (Å²) in [5.41, 5.74) is 5.95. The number of anilines is 1. The van der Waals surface area contributed by atoms with Gasteiger partial charge in [-0.3, -0.25) is 4.79 Å². The summed E-state index contributed by atoms with van der Waals surface area (Å²) in [7, 11) is 1.56. The van der Waals surface area contributed by atoms with Crippen molar-refractivity contribution in [2.24, 2.45) is 5.73 Å². The molecule has 15 heavy (non-hydrogen) atoms. The van der Waals surface area contributed by atoms with Gasteiger partial charge < -0.3 is 20.9 Å². The molecule has 0 aliphatic rings. The number of nitrogens with one attached hydrogen (secondary N) is 1. The molecule has 0 fully saturated rings. The van der Waals surface area contributed by atoms with Crippen LogP contribution >= 0.6 is 0 Å². The number of benzene rings is 1. The fourth-order valence-corrected chi connectivity index (χ4v) is 0.992. The van der Waals surface area contributed by atoms with E-state index in [-0.39, 0.29) is 6.61 Å². The van der Waals surface area contributed by atoms with Crippen molar-refractivity contribution in [1.29, 1.82) is 0 Å². The van der Waals surface area contributed by atoms with E-state index in [4.69, 9.17) is 15.6 Å². The van der Waals surface area contributed by atoms with Crippen LogP contribution < -0.4 is 15.8 Å². The molecular weight excluding hydrogens is 196 g/mol. The molecule has 1 rings (SSSR count). The van der Waals surface area contributed by atoms with Gasteiger partial charge in [-0.05, 0) is 24.3 Å². The molecule has 0 bridgehead atoms. The molecule has 1 aromatic carbocycles. The first kappa shape index (κ1) is 11.5. The van der Waals surface area contributed by atoms with E-state index in [9.17, 15) is 4.79 Å². The maximum Gasteiger partial charge on any atom is 0.243 e. The standard InChI is InChI=1S/C10H14N2O3/c1-15-8-4-2-7(3-5-8)12-10(14)9(11)6-13/h2-5,9,13H,6,11H2,1H3,(H,12,14). The zero-order valence-electron chi connectivity index (χ0n) is 8.43. The summed E-state index contributed by atoms with van der Waals surface area (Å²) >= 11 is 0. The largest absolute Gasteiger partial charge is 0.497 e. The second kappa shape index (κ2) is 5.33. The van der Waals surface area contributed by atoms with Gasteiger partial charge in [0.2, 0.25) is 5.91 Å². The number of amides is 1. The van der Waals surface area contributed by atoms with Gasteiger partial charge in [0.05, 0.1) is 13.7 Å². The van der Waals surface area contributed by atoms with Crippen LogP contribution in [0.1, 0.15) is 0 Å². The Morgan fingerprint density at radius 2 is 2.13 bits per heavy atom. The number of rotatable bonds is 4. The summed E-state index contributed by atoms with van der Waals surface area (Å²) in [6.07, 6.45) is 0. The van der Waals surface area contributed by atoms with Crippen molar-refractivity contribution in [1.82, 2.24) is 0 Å². The Morgan fingerprint density at radius 1 is 1.53 bits per heavy atom. The highest BCUT2D eigenvalue weighted by Crippen LogP contribution is 2.14. The molecule has 0 aliphatic heterocycles. The molecule has 5 heteroatoms. The lowest BCUT2D eigenvalue weighted by atomic mass is 10.2. The van der Waals surface area contributed by atoms with E-state index in [2.05, 4.69) is 5.32 Å². The minimum Gasteiger partial charge on any atom is -0.497 e. The van der Waals surface area contributed by atoms with Gasteiger partial charge in [0, 0.05) is 5.69 Å². The fraction of sp³-hybridized carbons (Fsp3) is 0.300. The van der Waals surface area contributed by atoms with Crippen molar-refractivity contribution in [3.63, 3.8) is 0 Å². The molecule has 0 aliphatic carbocycles. The minimum atomic E-state index is -0.896. The highest BCUT2D eigenvalue weighted by atomic mass is 16.5. The lowest BCUT2D eigenvalue weighted by Crippen LogP contribution is -2.38. The molecule has 0 radical (unpaired) electrons. The van der Waals surface area contributed by atoms with E-state index in [0.29, 0.717) is 11.4 Å². The number of hydrogen-bond donors (Lipinski definition) is 3. The van der Waals surface area contributed by atoms with E-state index in [1.54, 1.807) is 31.4 Å². The Hall–Kier alpha value is -1.59. The van der Waals surface area contributed by atoms with Gasteiger partial charge in [0.25, 0.3) is 0 Å². The second-order valence-corrected chi connectivity index (χ2v) is 3.01. The first-order valence-electron chi connectivity index (χ1n) is 4.48. The van der Waals surface area contributed by atoms with Crippen LogP contribution in [0.25, 0.3) is 0 Å². The SMILES string of the molecule is COc1ccc(NC(=O)C(N)CO)cc1. The number of nitrogens with two attached hydrogens (primary N) is 1. The van der Waals surface area contributed by atoms with Crippen LogP contribution in [0.15, 0.2) is 24.3 Å². The molecule has 0 saturated heterocycles. The van der Waals surface area contributed by atoms with E-state index >= 15 is 0 Å². The smallest absolute Gasteiger partial charge is 0.243 e. The van der Waals surface area contributed by atoms with Crippen LogP contribution in [0, 0.1) is 0 Å². The van der Waals surface area contributed by atoms with Crippen molar-refractivity contribution >= 4 is 11.6 Å². The summed E-state index contributed by atoms with van der Waals surface area (Å²) in [5.74, 6) is 0.294. The van der Waals surface area contributed by atoms with Crippen molar-refractivity contribution in [2.45, 2.75) is 6.04 Å². The van der Waals surface area contributed by atoms with Gasteiger partial charge in [-0.25, -0.2) is 0 Å². The zero-order chi connectivity index (χ0) is 11.3. The lowest BCUT2D eigenvalue weighted by molar-refractivity contribution is -0.118. The van der Waals surface area contributed by atoms with E-state index in [0.717, 1.165) is 0 Å². The lowest BCUT2D eigenvalue weighted by Gasteiger charge is -2.09. The molecule has 1 amide bonds. The molecule has 0 heterocycles. The van der Waals surface area contributed by atoms with Crippen LogP contribution in [0.4, 0.5) is 5.69 Å². The summed E-state index contributed by atoms with van der Waals surface area (Å²) in [5, 5.41) is 11.2. The van der Waals surface area contributed by atoms with Crippen molar-refractivity contribution in [3.05, 3.63) is 24.3 Å². The molecule has 4 N–H and O–H groups in total. The summed E-state index contributed by atoms with van der Waals surface area (Å²) in [6.45, 7) is -0.373. The van der Waals surface area contributed by atoms with Crippen LogP contribution in [0.5, 0.6) is 5.75 Å². The van der Waals surface area contributed by atoms with Gasteiger partial charge in [-0.1, -0.05) is 0 Å². The Morgan fingerprint density at radius 3 is 2.60 bits per heavy atom. The zero-order valence-corrected chi connectivity index (χ0v) is 8.43. The summed E-state index contributed by atoms with van der Waals surface area (Å²) in [6, 6.07) is 5.94.